The fraction of sp³-hybridized carbons (Fsp3) is 0.533. The van der Waals surface area contributed by atoms with E-state index in [1.165, 1.54) is 18.4 Å². The second-order valence-electron chi connectivity index (χ2n) is 5.01. The molecule has 18 heavy (non-hydrogen) atoms. The molecule has 3 heteroatoms. The first-order valence-corrected chi connectivity index (χ1v) is 6.86. The molecule has 2 rings (SSSR count). The third-order valence-electron chi connectivity index (χ3n) is 3.22. The largest absolute Gasteiger partial charge is 0.355 e. The van der Waals surface area contributed by atoms with Gasteiger partial charge in [0.15, 0.2) is 0 Å². The van der Waals surface area contributed by atoms with E-state index in [2.05, 4.69) is 34.9 Å². The Morgan fingerprint density at radius 1 is 1.22 bits per heavy atom. The number of benzene rings is 1. The Hall–Kier alpha value is -1.35. The fourth-order valence-corrected chi connectivity index (χ4v) is 1.94. The van der Waals surface area contributed by atoms with Crippen LogP contribution in [0.5, 0.6) is 0 Å². The molecule has 1 aromatic carbocycles. The maximum Gasteiger partial charge on any atom is 0.233 e. The topological polar surface area (TPSA) is 41.1 Å². The first-order valence-electron chi connectivity index (χ1n) is 6.86. The van der Waals surface area contributed by atoms with Gasteiger partial charge in [0.05, 0.1) is 6.54 Å². The molecule has 0 atom stereocenters. The zero-order valence-corrected chi connectivity index (χ0v) is 10.8. The van der Waals surface area contributed by atoms with Crippen molar-refractivity contribution in [3.63, 3.8) is 0 Å². The third-order valence-corrected chi connectivity index (χ3v) is 3.22. The minimum Gasteiger partial charge on any atom is -0.355 e. The Kier molecular flexibility index (Phi) is 5.21. The Balaban J connectivity index is 1.48. The van der Waals surface area contributed by atoms with Gasteiger partial charge in [0.25, 0.3) is 0 Å². The van der Waals surface area contributed by atoms with Crippen molar-refractivity contribution in [2.45, 2.75) is 25.7 Å². The zero-order chi connectivity index (χ0) is 12.6. The highest BCUT2D eigenvalue weighted by Crippen LogP contribution is 2.27. The lowest BCUT2D eigenvalue weighted by Crippen LogP contribution is -2.35. The van der Waals surface area contributed by atoms with Crippen LogP contribution in [0.3, 0.4) is 0 Å². The molecule has 0 saturated heterocycles. The smallest absolute Gasteiger partial charge is 0.233 e. The molecule has 1 aliphatic carbocycles. The molecule has 98 valence electrons. The van der Waals surface area contributed by atoms with E-state index in [0.717, 1.165) is 31.8 Å². The number of rotatable bonds is 8. The van der Waals surface area contributed by atoms with Gasteiger partial charge in [-0.2, -0.15) is 0 Å². The molecule has 0 heterocycles. The molecule has 0 aromatic heterocycles. The second kappa shape index (κ2) is 7.17. The molecule has 2 N–H and O–H groups in total. The quantitative estimate of drug-likeness (QED) is 0.686. The van der Waals surface area contributed by atoms with Crippen LogP contribution in [-0.4, -0.2) is 25.5 Å². The van der Waals surface area contributed by atoms with Crippen molar-refractivity contribution in [2.75, 3.05) is 19.6 Å². The highest BCUT2D eigenvalue weighted by molar-refractivity contribution is 5.77. The van der Waals surface area contributed by atoms with Crippen LogP contribution >= 0.6 is 0 Å². The molecule has 0 spiro atoms. The lowest BCUT2D eigenvalue weighted by Gasteiger charge is -2.06. The van der Waals surface area contributed by atoms with Gasteiger partial charge in [0.1, 0.15) is 0 Å². The number of carbonyl (C=O) groups excluding carboxylic acids is 1. The normalized spacial score (nSPS) is 14.4. The van der Waals surface area contributed by atoms with Crippen molar-refractivity contribution in [1.82, 2.24) is 10.6 Å². The number of hydrogen-bond donors (Lipinski definition) is 2. The van der Waals surface area contributed by atoms with E-state index in [0.29, 0.717) is 6.54 Å². The SMILES string of the molecule is O=C(CNCC1CC1)NCCCc1ccccc1. The molecule has 1 saturated carbocycles. The summed E-state index contributed by atoms with van der Waals surface area (Å²) in [6.07, 6.45) is 4.67. The number of aryl methyl sites for hydroxylation is 1. The summed E-state index contributed by atoms with van der Waals surface area (Å²) in [5.74, 6) is 0.944. The summed E-state index contributed by atoms with van der Waals surface area (Å²) in [6, 6.07) is 10.4. The van der Waals surface area contributed by atoms with Crippen molar-refractivity contribution >= 4 is 5.91 Å². The van der Waals surface area contributed by atoms with Crippen molar-refractivity contribution in [2.24, 2.45) is 5.92 Å². The summed E-state index contributed by atoms with van der Waals surface area (Å²) >= 11 is 0. The van der Waals surface area contributed by atoms with Crippen molar-refractivity contribution in [3.05, 3.63) is 35.9 Å². The second-order valence-corrected chi connectivity index (χ2v) is 5.01. The van der Waals surface area contributed by atoms with Gasteiger partial charge in [-0.25, -0.2) is 0 Å². The monoisotopic (exact) mass is 246 g/mol. The van der Waals surface area contributed by atoms with Gasteiger partial charge in [0.2, 0.25) is 5.91 Å². The van der Waals surface area contributed by atoms with Crippen molar-refractivity contribution < 1.29 is 4.79 Å². The van der Waals surface area contributed by atoms with Gasteiger partial charge < -0.3 is 10.6 Å². The molecule has 1 amide bonds. The summed E-state index contributed by atoms with van der Waals surface area (Å²) in [7, 11) is 0. The van der Waals surface area contributed by atoms with Gasteiger partial charge >= 0.3 is 0 Å². The van der Waals surface area contributed by atoms with Crippen LogP contribution in [0, 0.1) is 5.92 Å². The van der Waals surface area contributed by atoms with Crippen LogP contribution in [-0.2, 0) is 11.2 Å². The lowest BCUT2D eigenvalue weighted by atomic mass is 10.1. The average molecular weight is 246 g/mol. The standard InChI is InChI=1S/C15H22N2O/c18-15(12-16-11-14-8-9-14)17-10-4-7-13-5-2-1-3-6-13/h1-3,5-6,14,16H,4,7-12H2,(H,17,18). The number of amides is 1. The van der Waals surface area contributed by atoms with Crippen LogP contribution in [0.2, 0.25) is 0 Å². The van der Waals surface area contributed by atoms with E-state index in [1.807, 2.05) is 6.07 Å². The molecule has 0 unspecified atom stereocenters. The Labute approximate surface area is 109 Å². The first-order chi connectivity index (χ1) is 8.84. The summed E-state index contributed by atoms with van der Waals surface area (Å²) in [5, 5.41) is 6.14. The molecule has 1 aliphatic rings. The summed E-state index contributed by atoms with van der Waals surface area (Å²) < 4.78 is 0. The highest BCUT2D eigenvalue weighted by Gasteiger charge is 2.20. The van der Waals surface area contributed by atoms with Gasteiger partial charge in [-0.3, -0.25) is 4.79 Å². The van der Waals surface area contributed by atoms with Gasteiger partial charge in [0, 0.05) is 6.54 Å². The molecule has 1 aromatic rings. The fourth-order valence-electron chi connectivity index (χ4n) is 1.94. The predicted molar refractivity (Wildman–Crippen MR) is 73.4 cm³/mol. The Bertz CT molecular complexity index is 360. The van der Waals surface area contributed by atoms with Gasteiger partial charge in [-0.05, 0) is 43.7 Å². The molecule has 0 radical (unpaired) electrons. The molecule has 1 fully saturated rings. The minimum atomic E-state index is 0.115. The van der Waals surface area contributed by atoms with Gasteiger partial charge in [-0.15, -0.1) is 0 Å². The number of nitrogens with one attached hydrogen (secondary N) is 2. The van der Waals surface area contributed by atoms with Crippen molar-refractivity contribution in [1.29, 1.82) is 0 Å². The van der Waals surface area contributed by atoms with E-state index in [1.54, 1.807) is 0 Å². The summed E-state index contributed by atoms with van der Waals surface area (Å²) in [5.41, 5.74) is 1.33. The molecular formula is C15H22N2O. The maximum absolute atomic E-state index is 11.5. The van der Waals surface area contributed by atoms with Crippen LogP contribution in [0.25, 0.3) is 0 Å². The lowest BCUT2D eigenvalue weighted by molar-refractivity contribution is -0.120. The van der Waals surface area contributed by atoms with Crippen LogP contribution in [0.15, 0.2) is 30.3 Å². The van der Waals surface area contributed by atoms with Crippen LogP contribution in [0.1, 0.15) is 24.8 Å². The molecule has 3 nitrogen and oxygen atoms in total. The van der Waals surface area contributed by atoms with Crippen LogP contribution in [0.4, 0.5) is 0 Å². The van der Waals surface area contributed by atoms with E-state index in [-0.39, 0.29) is 5.91 Å². The number of hydrogen-bond acceptors (Lipinski definition) is 2. The number of carbonyl (C=O) groups is 1. The Morgan fingerprint density at radius 2 is 2.00 bits per heavy atom. The molecular weight excluding hydrogens is 224 g/mol. The third kappa shape index (κ3) is 5.32. The average Bonchev–Trinajstić information content (AvgIpc) is 3.20. The summed E-state index contributed by atoms with van der Waals surface area (Å²) in [6.45, 7) is 2.22. The molecule has 0 aliphatic heterocycles. The van der Waals surface area contributed by atoms with Crippen LogP contribution < -0.4 is 10.6 Å². The molecule has 0 bridgehead atoms. The zero-order valence-electron chi connectivity index (χ0n) is 10.8. The summed E-state index contributed by atoms with van der Waals surface area (Å²) in [4.78, 5) is 11.5. The van der Waals surface area contributed by atoms with E-state index in [9.17, 15) is 4.79 Å². The first kappa shape index (κ1) is 13.1. The Morgan fingerprint density at radius 3 is 2.72 bits per heavy atom. The van der Waals surface area contributed by atoms with E-state index < -0.39 is 0 Å². The minimum absolute atomic E-state index is 0.115. The maximum atomic E-state index is 11.5. The van der Waals surface area contributed by atoms with E-state index >= 15 is 0 Å². The predicted octanol–water partition coefficient (Wildman–Crippen LogP) is 1.73. The van der Waals surface area contributed by atoms with Gasteiger partial charge in [-0.1, -0.05) is 30.3 Å². The highest BCUT2D eigenvalue weighted by atomic mass is 16.1. The van der Waals surface area contributed by atoms with E-state index in [4.69, 9.17) is 0 Å². The van der Waals surface area contributed by atoms with Crippen molar-refractivity contribution in [3.8, 4) is 0 Å².